The van der Waals surface area contributed by atoms with Crippen LogP contribution in [0.1, 0.15) is 33.7 Å². The third kappa shape index (κ3) is 6.61. The van der Waals surface area contributed by atoms with Crippen molar-refractivity contribution in [3.8, 4) is 11.8 Å². The number of benzene rings is 1. The number of carbonyl (C=O) groups excluding carboxylic acids is 2. The lowest BCUT2D eigenvalue weighted by Crippen LogP contribution is -2.14. The Balaban J connectivity index is 1.88. The highest BCUT2D eigenvalue weighted by Gasteiger charge is 2.16. The number of carbonyl (C=O) groups is 2. The van der Waals surface area contributed by atoms with Gasteiger partial charge >= 0.3 is 5.97 Å². The van der Waals surface area contributed by atoms with Crippen molar-refractivity contribution >= 4 is 17.8 Å². The molecule has 1 aromatic heterocycles. The van der Waals surface area contributed by atoms with Crippen molar-refractivity contribution in [2.24, 2.45) is 0 Å². The summed E-state index contributed by atoms with van der Waals surface area (Å²) in [5.41, 5.74) is 3.18. The van der Waals surface area contributed by atoms with Gasteiger partial charge in [0.05, 0.1) is 0 Å². The van der Waals surface area contributed by atoms with Gasteiger partial charge in [0.1, 0.15) is 11.8 Å². The molecule has 30 heavy (non-hydrogen) atoms. The largest absolute Gasteiger partial charge is 0.479 e. The van der Waals surface area contributed by atoms with Gasteiger partial charge in [0.2, 0.25) is 5.78 Å². The van der Waals surface area contributed by atoms with E-state index in [4.69, 9.17) is 19.5 Å². The molecule has 7 nitrogen and oxygen atoms in total. The third-order valence-corrected chi connectivity index (χ3v) is 4.55. The van der Waals surface area contributed by atoms with E-state index in [1.807, 2.05) is 26.0 Å². The van der Waals surface area contributed by atoms with E-state index in [0.717, 1.165) is 29.9 Å². The van der Waals surface area contributed by atoms with Gasteiger partial charge in [-0.2, -0.15) is 5.26 Å². The Bertz CT molecular complexity index is 936. The zero-order valence-corrected chi connectivity index (χ0v) is 17.5. The summed E-state index contributed by atoms with van der Waals surface area (Å²) in [6.45, 7) is 4.92. The summed E-state index contributed by atoms with van der Waals surface area (Å²) in [5.74, 6) is -0.259. The van der Waals surface area contributed by atoms with Gasteiger partial charge in [-0.3, -0.25) is 4.79 Å². The molecular weight excluding hydrogens is 384 g/mol. The zero-order chi connectivity index (χ0) is 21.9. The summed E-state index contributed by atoms with van der Waals surface area (Å²) < 4.78 is 17.4. The number of hydrogen-bond donors (Lipinski definition) is 0. The minimum absolute atomic E-state index is 0.0227. The second-order valence-electron chi connectivity index (χ2n) is 6.66. The van der Waals surface area contributed by atoms with Crippen LogP contribution in [0.5, 0.6) is 5.75 Å². The molecule has 0 aliphatic carbocycles. The van der Waals surface area contributed by atoms with Gasteiger partial charge in [-0.05, 0) is 50.1 Å². The number of hydrogen-bond acceptors (Lipinski definition) is 6. The minimum Gasteiger partial charge on any atom is -0.479 e. The maximum absolute atomic E-state index is 12.5. The van der Waals surface area contributed by atoms with Crippen LogP contribution in [0.15, 0.2) is 36.4 Å². The molecular formula is C23H26N2O5. The topological polar surface area (TPSA) is 90.6 Å². The molecule has 1 heterocycles. The lowest BCUT2D eigenvalue weighted by atomic mass is 10.1. The molecule has 0 atom stereocenters. The highest BCUT2D eigenvalue weighted by molar-refractivity contribution is 6.00. The molecule has 0 bridgehead atoms. The van der Waals surface area contributed by atoms with Crippen molar-refractivity contribution in [2.45, 2.75) is 26.8 Å². The van der Waals surface area contributed by atoms with Crippen molar-refractivity contribution in [3.63, 3.8) is 0 Å². The van der Waals surface area contributed by atoms with Crippen LogP contribution in [0.4, 0.5) is 0 Å². The third-order valence-electron chi connectivity index (χ3n) is 4.55. The number of ether oxygens (including phenoxy) is 3. The molecule has 0 fully saturated rings. The summed E-state index contributed by atoms with van der Waals surface area (Å²) in [4.78, 5) is 24.4. The fraction of sp³-hybridized carbons (Fsp3) is 0.348. The summed E-state index contributed by atoms with van der Waals surface area (Å²) in [6, 6.07) is 10.6. The molecule has 0 amide bonds. The molecule has 0 N–H and O–H groups in total. The molecule has 0 unspecified atom stereocenters. The number of esters is 1. The molecule has 0 aliphatic heterocycles. The maximum Gasteiger partial charge on any atom is 0.331 e. The van der Waals surface area contributed by atoms with Gasteiger partial charge in [0.15, 0.2) is 13.2 Å². The molecule has 7 heteroatoms. The van der Waals surface area contributed by atoms with E-state index >= 15 is 0 Å². The summed E-state index contributed by atoms with van der Waals surface area (Å²) >= 11 is 0. The first-order valence-corrected chi connectivity index (χ1v) is 9.59. The minimum atomic E-state index is -0.595. The number of methoxy groups -OCH3 is 1. The predicted octanol–water partition coefficient (Wildman–Crippen LogP) is 3.48. The average Bonchev–Trinajstić information content (AvgIpc) is 3.03. The molecule has 0 spiro atoms. The number of rotatable bonds is 11. The van der Waals surface area contributed by atoms with Crippen molar-refractivity contribution in [2.75, 3.05) is 26.9 Å². The number of aryl methyl sites for hydroxylation is 1. The van der Waals surface area contributed by atoms with E-state index in [2.05, 4.69) is 4.57 Å². The Morgan fingerprint density at radius 1 is 1.20 bits per heavy atom. The molecule has 0 saturated carbocycles. The van der Waals surface area contributed by atoms with E-state index in [1.54, 1.807) is 37.5 Å². The first-order valence-electron chi connectivity index (χ1n) is 9.59. The molecule has 0 saturated heterocycles. The smallest absolute Gasteiger partial charge is 0.331 e. The number of ketones is 1. The Hall–Kier alpha value is -3.37. The SMILES string of the molecule is COCCCn1c(C)cc(C(=O)COC(=O)/C=C/c2ccc(OCC#N)cc2)c1C. The molecule has 158 valence electrons. The number of nitrogens with zero attached hydrogens (tertiary/aromatic N) is 2. The Morgan fingerprint density at radius 2 is 1.93 bits per heavy atom. The van der Waals surface area contributed by atoms with Crippen LogP contribution >= 0.6 is 0 Å². The van der Waals surface area contributed by atoms with Gasteiger partial charge in [0.25, 0.3) is 0 Å². The highest BCUT2D eigenvalue weighted by atomic mass is 16.5. The van der Waals surface area contributed by atoms with Gasteiger partial charge in [-0.15, -0.1) is 0 Å². The fourth-order valence-electron chi connectivity index (χ4n) is 3.01. The van der Waals surface area contributed by atoms with Gasteiger partial charge in [-0.25, -0.2) is 4.79 Å². The first-order chi connectivity index (χ1) is 14.5. The lowest BCUT2D eigenvalue weighted by Gasteiger charge is -2.09. The normalized spacial score (nSPS) is 10.7. The molecule has 1 aromatic carbocycles. The van der Waals surface area contributed by atoms with Crippen LogP contribution < -0.4 is 4.74 Å². The van der Waals surface area contributed by atoms with Gasteiger partial charge in [0, 0.05) is 43.3 Å². The average molecular weight is 410 g/mol. The van der Waals surface area contributed by atoms with E-state index in [0.29, 0.717) is 17.9 Å². The van der Waals surface area contributed by atoms with Crippen LogP contribution in [-0.4, -0.2) is 43.3 Å². The van der Waals surface area contributed by atoms with Crippen LogP contribution in [0.2, 0.25) is 0 Å². The standard InChI is InChI=1S/C23H26N2O5/c1-17-15-21(18(2)25(17)12-4-13-28-3)22(26)16-30-23(27)10-7-19-5-8-20(9-6-19)29-14-11-24/h5-10,15H,4,12-14,16H2,1-3H3/b10-7+. The molecule has 0 radical (unpaired) electrons. The number of Topliss-reactive ketones (excluding diaryl/α,β-unsaturated/α-hetero) is 1. The number of nitriles is 1. The summed E-state index contributed by atoms with van der Waals surface area (Å²) in [5, 5.41) is 8.50. The van der Waals surface area contributed by atoms with Crippen molar-refractivity contribution in [1.29, 1.82) is 5.26 Å². The van der Waals surface area contributed by atoms with Gasteiger partial charge < -0.3 is 18.8 Å². The van der Waals surface area contributed by atoms with E-state index < -0.39 is 5.97 Å². The van der Waals surface area contributed by atoms with Crippen LogP contribution in [0.25, 0.3) is 6.08 Å². The summed E-state index contributed by atoms with van der Waals surface area (Å²) in [6.07, 6.45) is 3.71. The number of aromatic nitrogens is 1. The van der Waals surface area contributed by atoms with E-state index in [9.17, 15) is 9.59 Å². The second-order valence-corrected chi connectivity index (χ2v) is 6.66. The lowest BCUT2D eigenvalue weighted by molar-refractivity contribution is -0.136. The van der Waals surface area contributed by atoms with Crippen LogP contribution in [0.3, 0.4) is 0 Å². The quantitative estimate of drug-likeness (QED) is 0.244. The van der Waals surface area contributed by atoms with Crippen molar-refractivity contribution in [3.05, 3.63) is 58.9 Å². The first kappa shape index (κ1) is 22.9. The molecule has 2 rings (SSSR count). The highest BCUT2D eigenvalue weighted by Crippen LogP contribution is 2.17. The van der Waals surface area contributed by atoms with Crippen LogP contribution in [-0.2, 0) is 20.8 Å². The Morgan fingerprint density at radius 3 is 2.60 bits per heavy atom. The second kappa shape index (κ2) is 11.6. The monoisotopic (exact) mass is 410 g/mol. The van der Waals surface area contributed by atoms with Crippen molar-refractivity contribution in [1.82, 2.24) is 4.57 Å². The maximum atomic E-state index is 12.5. The Labute approximate surface area is 176 Å². The van der Waals surface area contributed by atoms with Gasteiger partial charge in [-0.1, -0.05) is 12.1 Å². The fourth-order valence-corrected chi connectivity index (χ4v) is 3.01. The summed E-state index contributed by atoms with van der Waals surface area (Å²) in [7, 11) is 1.66. The van der Waals surface area contributed by atoms with Crippen LogP contribution in [0, 0.1) is 25.2 Å². The zero-order valence-electron chi connectivity index (χ0n) is 17.5. The Kier molecular flexibility index (Phi) is 8.85. The van der Waals surface area contributed by atoms with E-state index in [1.165, 1.54) is 6.08 Å². The molecule has 2 aromatic rings. The van der Waals surface area contributed by atoms with E-state index in [-0.39, 0.29) is 19.0 Å². The predicted molar refractivity (Wildman–Crippen MR) is 112 cm³/mol. The molecule has 0 aliphatic rings. The van der Waals surface area contributed by atoms with Crippen molar-refractivity contribution < 1.29 is 23.8 Å².